The molecule has 0 saturated heterocycles. The molecule has 0 saturated carbocycles. The molecule has 0 spiro atoms. The van der Waals surface area contributed by atoms with Crippen LogP contribution in [0.2, 0.25) is 0 Å². The second kappa shape index (κ2) is 5.30. The molecule has 2 rings (SSSR count). The fourth-order valence-electron chi connectivity index (χ4n) is 1.66. The van der Waals surface area contributed by atoms with Gasteiger partial charge in [-0.1, -0.05) is 18.2 Å². The largest absolute Gasteiger partial charge is 0.487 e. The Bertz CT molecular complexity index is 567. The van der Waals surface area contributed by atoms with Crippen LogP contribution in [0.15, 0.2) is 42.5 Å². The number of pyridine rings is 1. The normalized spacial score (nSPS) is 11.4. The molecule has 1 aromatic heterocycles. The number of halogens is 3. The number of hydrogen-bond acceptors (Lipinski definition) is 2. The second-order valence-corrected chi connectivity index (χ2v) is 4.05. The van der Waals surface area contributed by atoms with Gasteiger partial charge in [0.25, 0.3) is 0 Å². The molecule has 0 atom stereocenters. The van der Waals surface area contributed by atoms with Crippen LogP contribution in [0.5, 0.6) is 5.75 Å². The average Bonchev–Trinajstić information content (AvgIpc) is 2.36. The first-order chi connectivity index (χ1) is 8.97. The molecule has 19 heavy (non-hydrogen) atoms. The summed E-state index contributed by atoms with van der Waals surface area (Å²) >= 11 is 0. The second-order valence-electron chi connectivity index (χ2n) is 4.05. The van der Waals surface area contributed by atoms with Gasteiger partial charge in [-0.05, 0) is 31.2 Å². The van der Waals surface area contributed by atoms with E-state index in [2.05, 4.69) is 4.98 Å². The van der Waals surface area contributed by atoms with Crippen molar-refractivity contribution in [2.24, 2.45) is 0 Å². The molecule has 0 N–H and O–H groups in total. The minimum atomic E-state index is -4.42. The fraction of sp³-hybridized carbons (Fsp3) is 0.214. The number of hydrogen-bond donors (Lipinski definition) is 0. The maximum atomic E-state index is 12.7. The quantitative estimate of drug-likeness (QED) is 0.839. The summed E-state index contributed by atoms with van der Waals surface area (Å²) in [5.74, 6) is -0.182. The molecule has 1 aromatic carbocycles. The zero-order chi connectivity index (χ0) is 13.9. The van der Waals surface area contributed by atoms with Crippen molar-refractivity contribution >= 4 is 0 Å². The predicted molar refractivity (Wildman–Crippen MR) is 64.8 cm³/mol. The molecule has 1 heterocycles. The lowest BCUT2D eigenvalue weighted by Gasteiger charge is -2.13. The van der Waals surface area contributed by atoms with E-state index in [9.17, 15) is 13.2 Å². The third kappa shape index (κ3) is 3.47. The molecule has 0 aliphatic carbocycles. The number of nitrogens with zero attached hydrogens (tertiary/aromatic N) is 1. The highest BCUT2D eigenvalue weighted by Gasteiger charge is 2.33. The van der Waals surface area contributed by atoms with E-state index in [0.717, 1.165) is 11.8 Å². The standard InChI is InChI=1S/C14H12F3NO/c1-10-5-4-6-11(18-10)9-19-13-8-3-2-7-12(13)14(15,16)17/h2-8H,9H2,1H3. The Balaban J connectivity index is 2.16. The molecule has 5 heteroatoms. The molecule has 100 valence electrons. The zero-order valence-electron chi connectivity index (χ0n) is 10.2. The monoisotopic (exact) mass is 267 g/mol. The molecule has 2 aromatic rings. The summed E-state index contributed by atoms with van der Waals surface area (Å²) < 4.78 is 43.5. The number of alkyl halides is 3. The van der Waals surface area contributed by atoms with Crippen LogP contribution in [0.4, 0.5) is 13.2 Å². The lowest BCUT2D eigenvalue weighted by Crippen LogP contribution is -2.09. The molecule has 0 radical (unpaired) electrons. The van der Waals surface area contributed by atoms with Crippen LogP contribution in [0.3, 0.4) is 0 Å². The van der Waals surface area contributed by atoms with Gasteiger partial charge >= 0.3 is 6.18 Å². The summed E-state index contributed by atoms with van der Waals surface area (Å²) in [5, 5.41) is 0. The molecule has 0 aliphatic heterocycles. The topological polar surface area (TPSA) is 22.1 Å². The van der Waals surface area contributed by atoms with Gasteiger partial charge in [-0.15, -0.1) is 0 Å². The number of para-hydroxylation sites is 1. The Kier molecular flexibility index (Phi) is 3.74. The maximum Gasteiger partial charge on any atom is 0.419 e. The minimum Gasteiger partial charge on any atom is -0.487 e. The van der Waals surface area contributed by atoms with E-state index in [4.69, 9.17) is 4.74 Å². The van der Waals surface area contributed by atoms with E-state index in [1.54, 1.807) is 12.1 Å². The number of ether oxygens (including phenoxy) is 1. The van der Waals surface area contributed by atoms with Gasteiger partial charge in [-0.3, -0.25) is 4.98 Å². The SMILES string of the molecule is Cc1cccc(COc2ccccc2C(F)(F)F)n1. The van der Waals surface area contributed by atoms with E-state index in [1.807, 2.05) is 13.0 Å². The van der Waals surface area contributed by atoms with Crippen molar-refractivity contribution in [2.45, 2.75) is 19.7 Å². The number of benzene rings is 1. The van der Waals surface area contributed by atoms with Crippen LogP contribution >= 0.6 is 0 Å². The van der Waals surface area contributed by atoms with Gasteiger partial charge in [0.05, 0.1) is 11.3 Å². The smallest absolute Gasteiger partial charge is 0.419 e. The molecule has 0 bridgehead atoms. The van der Waals surface area contributed by atoms with Crippen LogP contribution in [0.1, 0.15) is 17.0 Å². The Hall–Kier alpha value is -2.04. The van der Waals surface area contributed by atoms with Gasteiger partial charge in [0.1, 0.15) is 12.4 Å². The number of aromatic nitrogens is 1. The Morgan fingerprint density at radius 3 is 2.47 bits per heavy atom. The summed E-state index contributed by atoms with van der Waals surface area (Å²) in [4.78, 5) is 4.17. The van der Waals surface area contributed by atoms with Gasteiger partial charge in [0.2, 0.25) is 0 Å². The van der Waals surface area contributed by atoms with E-state index in [0.29, 0.717) is 5.69 Å². The summed E-state index contributed by atoms with van der Waals surface area (Å²) in [7, 11) is 0. The molecular formula is C14H12F3NO. The molecule has 0 unspecified atom stereocenters. The van der Waals surface area contributed by atoms with Crippen molar-refractivity contribution in [1.29, 1.82) is 0 Å². The van der Waals surface area contributed by atoms with Crippen molar-refractivity contribution in [2.75, 3.05) is 0 Å². The third-order valence-corrected chi connectivity index (χ3v) is 2.51. The van der Waals surface area contributed by atoms with Crippen molar-refractivity contribution in [3.63, 3.8) is 0 Å². The Morgan fingerprint density at radius 1 is 1.05 bits per heavy atom. The first-order valence-electron chi connectivity index (χ1n) is 5.68. The highest BCUT2D eigenvalue weighted by Crippen LogP contribution is 2.36. The molecule has 0 amide bonds. The summed E-state index contributed by atoms with van der Waals surface area (Å²) in [6.07, 6.45) is -4.42. The molecular weight excluding hydrogens is 255 g/mol. The van der Waals surface area contributed by atoms with E-state index in [1.165, 1.54) is 18.2 Å². The molecule has 0 fully saturated rings. The first kappa shape index (κ1) is 13.4. The van der Waals surface area contributed by atoms with Crippen LogP contribution in [-0.2, 0) is 12.8 Å². The first-order valence-corrected chi connectivity index (χ1v) is 5.68. The van der Waals surface area contributed by atoms with E-state index < -0.39 is 11.7 Å². The highest BCUT2D eigenvalue weighted by molar-refractivity contribution is 5.35. The van der Waals surface area contributed by atoms with Gasteiger partial charge in [0.15, 0.2) is 0 Å². The van der Waals surface area contributed by atoms with Gasteiger partial charge < -0.3 is 4.74 Å². The molecule has 0 aliphatic rings. The van der Waals surface area contributed by atoms with E-state index >= 15 is 0 Å². The fourth-order valence-corrected chi connectivity index (χ4v) is 1.66. The summed E-state index contributed by atoms with van der Waals surface area (Å²) in [5.41, 5.74) is 0.616. The highest BCUT2D eigenvalue weighted by atomic mass is 19.4. The van der Waals surface area contributed by atoms with Crippen molar-refractivity contribution in [1.82, 2.24) is 4.98 Å². The van der Waals surface area contributed by atoms with Crippen LogP contribution in [0, 0.1) is 6.92 Å². The molecule has 2 nitrogen and oxygen atoms in total. The zero-order valence-corrected chi connectivity index (χ0v) is 10.2. The van der Waals surface area contributed by atoms with Gasteiger partial charge in [-0.25, -0.2) is 0 Å². The van der Waals surface area contributed by atoms with Crippen LogP contribution in [-0.4, -0.2) is 4.98 Å². The van der Waals surface area contributed by atoms with Crippen molar-refractivity contribution in [3.05, 3.63) is 59.4 Å². The minimum absolute atomic E-state index is 0.00870. The van der Waals surface area contributed by atoms with E-state index in [-0.39, 0.29) is 12.4 Å². The third-order valence-electron chi connectivity index (χ3n) is 2.51. The van der Waals surface area contributed by atoms with Crippen LogP contribution in [0.25, 0.3) is 0 Å². The van der Waals surface area contributed by atoms with Gasteiger partial charge in [-0.2, -0.15) is 13.2 Å². The van der Waals surface area contributed by atoms with Crippen molar-refractivity contribution < 1.29 is 17.9 Å². The van der Waals surface area contributed by atoms with Crippen LogP contribution < -0.4 is 4.74 Å². The Labute approximate surface area is 108 Å². The number of rotatable bonds is 3. The maximum absolute atomic E-state index is 12.7. The van der Waals surface area contributed by atoms with Gasteiger partial charge in [0, 0.05) is 5.69 Å². The Morgan fingerprint density at radius 2 is 1.79 bits per heavy atom. The lowest BCUT2D eigenvalue weighted by atomic mass is 10.2. The predicted octanol–water partition coefficient (Wildman–Crippen LogP) is 3.99. The number of aryl methyl sites for hydroxylation is 1. The average molecular weight is 267 g/mol. The van der Waals surface area contributed by atoms with Crippen molar-refractivity contribution in [3.8, 4) is 5.75 Å². The summed E-state index contributed by atoms with van der Waals surface area (Å²) in [6.45, 7) is 1.82. The summed E-state index contributed by atoms with van der Waals surface area (Å²) in [6, 6.07) is 10.5. The lowest BCUT2D eigenvalue weighted by molar-refractivity contribution is -0.139.